The summed E-state index contributed by atoms with van der Waals surface area (Å²) in [4.78, 5) is 0. The number of hydrogen-bond donors (Lipinski definition) is 0. The Hall–Kier alpha value is -0.183. The van der Waals surface area contributed by atoms with Gasteiger partial charge in [0, 0.05) is 0 Å². The second-order valence-corrected chi connectivity index (χ2v) is 6.31. The van der Waals surface area contributed by atoms with Gasteiger partial charge < -0.3 is 0 Å². The van der Waals surface area contributed by atoms with E-state index in [0.29, 0.717) is 0 Å². The van der Waals surface area contributed by atoms with E-state index in [1.807, 2.05) is 18.2 Å². The number of allylic oxidation sites excluding steroid dienone is 12. The van der Waals surface area contributed by atoms with Gasteiger partial charge in [-0.15, -0.1) is 0 Å². The minimum Gasteiger partial charge on any atom is -0.253 e. The largest absolute Gasteiger partial charge is 3.00 e. The van der Waals surface area contributed by atoms with E-state index in [2.05, 4.69) is 57.2 Å². The average Bonchev–Trinajstić information content (AvgIpc) is 3.33. The molecule has 0 aliphatic heterocycles. The summed E-state index contributed by atoms with van der Waals surface area (Å²) in [5.41, 5.74) is 4.40. The Morgan fingerprint density at radius 2 is 0.880 bits per heavy atom. The molecule has 0 bridgehead atoms. The first kappa shape index (κ1) is 24.8. The standard InChI is InChI=1S/3C8H11.Ce/c3*1-2-5-8-6-3-4-7-8;/h3*3-4H,2,5-6H2,1H3;/q3*-1;+3. The molecule has 0 spiro atoms. The molecule has 0 nitrogen and oxygen atoms in total. The van der Waals surface area contributed by atoms with Crippen LogP contribution in [0.2, 0.25) is 0 Å². The molecule has 0 amide bonds. The maximum atomic E-state index is 3.19. The van der Waals surface area contributed by atoms with Crippen LogP contribution >= 0.6 is 0 Å². The Labute approximate surface area is 190 Å². The van der Waals surface area contributed by atoms with Gasteiger partial charge in [-0.3, -0.25) is 18.2 Å². The van der Waals surface area contributed by atoms with E-state index in [-0.39, 0.29) is 41.7 Å². The van der Waals surface area contributed by atoms with E-state index in [0.717, 1.165) is 19.3 Å². The van der Waals surface area contributed by atoms with Gasteiger partial charge in [-0.05, 0) is 0 Å². The summed E-state index contributed by atoms with van der Waals surface area (Å²) in [6.45, 7) is 6.60. The van der Waals surface area contributed by atoms with E-state index in [4.69, 9.17) is 0 Å². The normalized spacial score (nSPS) is 16.2. The van der Waals surface area contributed by atoms with Gasteiger partial charge in [-0.2, -0.15) is 16.7 Å². The topological polar surface area (TPSA) is 0 Å². The molecule has 0 heterocycles. The van der Waals surface area contributed by atoms with Gasteiger partial charge in [0.25, 0.3) is 0 Å². The predicted octanol–water partition coefficient (Wildman–Crippen LogP) is 7.43. The van der Waals surface area contributed by atoms with Crippen LogP contribution in [0.15, 0.2) is 53.2 Å². The molecule has 0 aromatic rings. The Morgan fingerprint density at radius 3 is 1.04 bits per heavy atom. The van der Waals surface area contributed by atoms with Gasteiger partial charge in [0.15, 0.2) is 0 Å². The fraction of sp³-hybridized carbons (Fsp3) is 0.500. The summed E-state index contributed by atoms with van der Waals surface area (Å²) in [5.74, 6) is 0. The minimum atomic E-state index is 0. The van der Waals surface area contributed by atoms with Crippen molar-refractivity contribution in [3.63, 3.8) is 0 Å². The summed E-state index contributed by atoms with van der Waals surface area (Å²) in [5, 5.41) is 0. The molecule has 0 saturated heterocycles. The first-order valence-corrected chi connectivity index (χ1v) is 9.58. The molecule has 0 atom stereocenters. The SMILES string of the molecule is CCCC1=[C-]C=CC1.CCCC1=[C-]C=CC1.CCCC1=[C-]C=CC1.[Ce+3]. The van der Waals surface area contributed by atoms with E-state index in [1.54, 1.807) is 0 Å². The third-order valence-electron chi connectivity index (χ3n) is 3.96. The van der Waals surface area contributed by atoms with Crippen LogP contribution in [0.5, 0.6) is 0 Å². The van der Waals surface area contributed by atoms with Crippen molar-refractivity contribution in [2.45, 2.75) is 78.6 Å². The van der Waals surface area contributed by atoms with Gasteiger partial charge in [-0.1, -0.05) is 78.6 Å². The van der Waals surface area contributed by atoms with Crippen LogP contribution in [0.25, 0.3) is 0 Å². The van der Waals surface area contributed by atoms with E-state index < -0.39 is 0 Å². The molecular formula is C24H33Ce. The van der Waals surface area contributed by atoms with Crippen molar-refractivity contribution < 1.29 is 41.7 Å². The third-order valence-corrected chi connectivity index (χ3v) is 3.96. The molecule has 1 heteroatoms. The first-order valence-electron chi connectivity index (χ1n) is 9.58. The van der Waals surface area contributed by atoms with Crippen molar-refractivity contribution in [3.05, 3.63) is 71.4 Å². The van der Waals surface area contributed by atoms with Crippen molar-refractivity contribution in [1.82, 2.24) is 0 Å². The van der Waals surface area contributed by atoms with Gasteiger partial charge >= 0.3 is 41.7 Å². The number of hydrogen-bond acceptors (Lipinski definition) is 0. The van der Waals surface area contributed by atoms with Crippen molar-refractivity contribution in [3.8, 4) is 0 Å². The zero-order valence-corrected chi connectivity index (χ0v) is 19.5. The van der Waals surface area contributed by atoms with Gasteiger partial charge in [-0.25, -0.2) is 36.5 Å². The van der Waals surface area contributed by atoms with Crippen molar-refractivity contribution in [1.29, 1.82) is 0 Å². The van der Waals surface area contributed by atoms with Crippen LogP contribution in [-0.2, 0) is 0 Å². The third kappa shape index (κ3) is 12.8. The van der Waals surface area contributed by atoms with E-state index in [9.17, 15) is 0 Å². The van der Waals surface area contributed by atoms with Crippen LogP contribution in [0.3, 0.4) is 0 Å². The summed E-state index contributed by atoms with van der Waals surface area (Å²) < 4.78 is 0. The molecule has 1 radical (unpaired) electrons. The van der Waals surface area contributed by atoms with Crippen LogP contribution < -0.4 is 0 Å². The molecule has 0 unspecified atom stereocenters. The van der Waals surface area contributed by atoms with Crippen LogP contribution in [0, 0.1) is 60.0 Å². The monoisotopic (exact) mass is 461 g/mol. The van der Waals surface area contributed by atoms with Gasteiger partial charge in [0.1, 0.15) is 0 Å². The fourth-order valence-electron chi connectivity index (χ4n) is 2.74. The van der Waals surface area contributed by atoms with E-state index in [1.165, 1.54) is 55.2 Å². The van der Waals surface area contributed by atoms with Gasteiger partial charge in [0.2, 0.25) is 0 Å². The van der Waals surface area contributed by atoms with Crippen molar-refractivity contribution >= 4 is 0 Å². The van der Waals surface area contributed by atoms with Crippen molar-refractivity contribution in [2.75, 3.05) is 0 Å². The zero-order chi connectivity index (χ0) is 17.5. The molecule has 3 rings (SSSR count). The second-order valence-electron chi connectivity index (χ2n) is 6.31. The molecule has 25 heavy (non-hydrogen) atoms. The zero-order valence-electron chi connectivity index (χ0n) is 16.3. The number of rotatable bonds is 6. The molecule has 0 aromatic heterocycles. The fourth-order valence-corrected chi connectivity index (χ4v) is 2.74. The molecular weight excluding hydrogens is 428 g/mol. The quantitative estimate of drug-likeness (QED) is 0.361. The molecule has 3 aliphatic rings. The Kier molecular flexibility index (Phi) is 17.1. The molecule has 0 fully saturated rings. The molecule has 0 N–H and O–H groups in total. The molecule has 0 saturated carbocycles. The Morgan fingerprint density at radius 1 is 0.600 bits per heavy atom. The Bertz CT molecular complexity index is 436. The van der Waals surface area contributed by atoms with Gasteiger partial charge in [0.05, 0.1) is 0 Å². The first-order chi connectivity index (χ1) is 11.8. The van der Waals surface area contributed by atoms with Crippen LogP contribution in [0.1, 0.15) is 78.6 Å². The van der Waals surface area contributed by atoms with Crippen LogP contribution in [-0.4, -0.2) is 0 Å². The van der Waals surface area contributed by atoms with Crippen molar-refractivity contribution in [2.24, 2.45) is 0 Å². The second kappa shape index (κ2) is 17.2. The minimum absolute atomic E-state index is 0. The predicted molar refractivity (Wildman–Crippen MR) is 106 cm³/mol. The summed E-state index contributed by atoms with van der Waals surface area (Å²) in [6, 6.07) is 0. The Balaban J connectivity index is 0.000000339. The summed E-state index contributed by atoms with van der Waals surface area (Å²) in [7, 11) is 0. The average molecular weight is 462 g/mol. The smallest absolute Gasteiger partial charge is 0.253 e. The molecule has 0 aromatic carbocycles. The molecule has 3 aliphatic carbocycles. The van der Waals surface area contributed by atoms with E-state index >= 15 is 0 Å². The van der Waals surface area contributed by atoms with Crippen LogP contribution in [0.4, 0.5) is 0 Å². The maximum Gasteiger partial charge on any atom is 3.00 e. The molecule has 133 valence electrons. The maximum absolute atomic E-state index is 3.19. The summed E-state index contributed by atoms with van der Waals surface area (Å²) in [6.07, 6.45) is 33.0. The summed E-state index contributed by atoms with van der Waals surface area (Å²) >= 11 is 0.